The fourth-order valence-electron chi connectivity index (χ4n) is 4.62. The summed E-state index contributed by atoms with van der Waals surface area (Å²) in [6, 6.07) is 7.15. The lowest BCUT2D eigenvalue weighted by molar-refractivity contribution is -0.144. The molecule has 0 radical (unpaired) electrons. The Hall–Kier alpha value is -3.85. The largest absolute Gasteiger partial charge is 0.465 e. The maximum atomic E-state index is 13.8. The molecule has 16 heteroatoms. The summed E-state index contributed by atoms with van der Waals surface area (Å²) < 4.78 is 43.1. The summed E-state index contributed by atoms with van der Waals surface area (Å²) in [6.07, 6.45) is 1.76. The topological polar surface area (TPSA) is 206 Å². The Labute approximate surface area is 240 Å². The summed E-state index contributed by atoms with van der Waals surface area (Å²) in [5.41, 5.74) is 4.99. The molecule has 1 saturated heterocycles. The van der Waals surface area contributed by atoms with E-state index in [0.29, 0.717) is 10.9 Å². The van der Waals surface area contributed by atoms with E-state index in [1.54, 1.807) is 43.5 Å². The summed E-state index contributed by atoms with van der Waals surface area (Å²) >= 11 is 0. The number of rotatable bonds is 11. The Morgan fingerprint density at radius 2 is 2.05 bits per heavy atom. The van der Waals surface area contributed by atoms with Crippen LogP contribution in [0.1, 0.15) is 27.0 Å². The van der Waals surface area contributed by atoms with Gasteiger partial charge in [-0.2, -0.15) is 5.09 Å². The van der Waals surface area contributed by atoms with E-state index in [2.05, 4.69) is 20.0 Å². The molecule has 1 unspecified atom stereocenters. The molecule has 5 rings (SSSR count). The highest BCUT2D eigenvalue weighted by Crippen LogP contribution is 2.48. The number of ether oxygens (including phenoxy) is 2. The normalized spacial score (nSPS) is 24.4. The van der Waals surface area contributed by atoms with Crippen LogP contribution in [0.3, 0.4) is 0 Å². The van der Waals surface area contributed by atoms with Crippen LogP contribution in [0.5, 0.6) is 5.75 Å². The van der Waals surface area contributed by atoms with Crippen molar-refractivity contribution in [3.63, 3.8) is 0 Å². The molecule has 5 N–H and O–H groups in total. The van der Waals surface area contributed by atoms with Gasteiger partial charge in [-0.1, -0.05) is 18.2 Å². The first-order valence-corrected chi connectivity index (χ1v) is 14.6. The highest BCUT2D eigenvalue weighted by molar-refractivity contribution is 7.52. The van der Waals surface area contributed by atoms with E-state index in [0.717, 1.165) is 0 Å². The van der Waals surface area contributed by atoms with Gasteiger partial charge in [-0.25, -0.2) is 19.5 Å². The second-order valence-corrected chi connectivity index (χ2v) is 11.4. The molecule has 6 atom stereocenters. The Morgan fingerprint density at radius 1 is 1.29 bits per heavy atom. The van der Waals surface area contributed by atoms with E-state index in [1.165, 1.54) is 37.2 Å². The smallest absolute Gasteiger partial charge is 0.459 e. The van der Waals surface area contributed by atoms with Crippen LogP contribution in [0.25, 0.3) is 22.5 Å². The lowest BCUT2D eigenvalue weighted by Crippen LogP contribution is -2.44. The van der Waals surface area contributed by atoms with E-state index in [9.17, 15) is 19.6 Å². The number of anilines is 1. The average molecular weight is 603 g/mol. The standard InChI is InChI=1S/C26H31N6O9P/c1-4-37-24(34)15(2)31-42(36,41-16-8-6-5-7-9-16)39-13-18-20(33)26(3,35)25(40-18)32-12-17(23-28-10-11-38-23)19-21(27)29-14-30-22(19)32/h5-12,14-15,18,20,25,33,35H,4,13H2,1-3H3,(H,31,36)(H2,27,29,30)/t15-,18-,20+,25-,26-,42?/m1/s1. The molecule has 0 saturated carbocycles. The molecule has 0 aliphatic carbocycles. The van der Waals surface area contributed by atoms with Gasteiger partial charge >= 0.3 is 13.7 Å². The zero-order valence-electron chi connectivity index (χ0n) is 23.0. The van der Waals surface area contributed by atoms with Gasteiger partial charge in [-0.05, 0) is 32.9 Å². The van der Waals surface area contributed by atoms with E-state index >= 15 is 0 Å². The number of hydrogen-bond donors (Lipinski definition) is 4. The van der Waals surface area contributed by atoms with Crippen LogP contribution in [0.2, 0.25) is 0 Å². The van der Waals surface area contributed by atoms with E-state index < -0.39 is 50.4 Å². The van der Waals surface area contributed by atoms with Gasteiger partial charge in [-0.15, -0.1) is 0 Å². The number of esters is 1. The Morgan fingerprint density at radius 3 is 2.74 bits per heavy atom. The average Bonchev–Trinajstić information content (AvgIpc) is 3.67. The third-order valence-corrected chi connectivity index (χ3v) is 8.32. The number of benzene rings is 1. The van der Waals surface area contributed by atoms with E-state index in [-0.39, 0.29) is 29.7 Å². The molecule has 0 spiro atoms. The number of nitrogens with two attached hydrogens (primary N) is 1. The minimum Gasteiger partial charge on any atom is -0.465 e. The van der Waals surface area contributed by atoms with Crippen LogP contribution in [-0.2, 0) is 23.4 Å². The maximum absolute atomic E-state index is 13.8. The van der Waals surface area contributed by atoms with Crippen LogP contribution in [0.4, 0.5) is 5.82 Å². The second kappa shape index (κ2) is 11.8. The molecule has 0 bridgehead atoms. The predicted octanol–water partition coefficient (Wildman–Crippen LogP) is 2.42. The van der Waals surface area contributed by atoms with Crippen LogP contribution < -0.4 is 15.3 Å². The molecule has 3 aromatic heterocycles. The molecule has 1 aliphatic rings. The summed E-state index contributed by atoms with van der Waals surface area (Å²) in [6.45, 7) is 4.09. The quantitative estimate of drug-likeness (QED) is 0.144. The van der Waals surface area contributed by atoms with Crippen LogP contribution in [0.15, 0.2) is 59.7 Å². The van der Waals surface area contributed by atoms with Gasteiger partial charge < -0.3 is 38.9 Å². The van der Waals surface area contributed by atoms with Gasteiger partial charge in [0.25, 0.3) is 0 Å². The first kappa shape index (κ1) is 29.6. The van der Waals surface area contributed by atoms with Crippen molar-refractivity contribution in [1.29, 1.82) is 0 Å². The molecule has 0 amide bonds. The lowest BCUT2D eigenvalue weighted by atomic mass is 9.96. The number of nitrogen functional groups attached to an aromatic ring is 1. The number of carbonyl (C=O) groups excluding carboxylic acids is 1. The van der Waals surface area contributed by atoms with E-state index in [4.69, 9.17) is 28.7 Å². The second-order valence-electron chi connectivity index (χ2n) is 9.74. The minimum absolute atomic E-state index is 0.122. The first-order valence-electron chi connectivity index (χ1n) is 13.0. The number of aromatic nitrogens is 4. The van der Waals surface area contributed by atoms with Crippen molar-refractivity contribution in [2.75, 3.05) is 18.9 Å². The number of oxazole rings is 1. The van der Waals surface area contributed by atoms with Crippen molar-refractivity contribution in [3.05, 3.63) is 55.3 Å². The SMILES string of the molecule is CCOC(=O)[C@@H](C)NP(=O)(OC[C@H]1O[C@@H](n2cc(-c3ncco3)c3c(N)ncnc32)[C@](C)(O)[C@H]1O)Oc1ccccc1. The van der Waals surface area contributed by atoms with Gasteiger partial charge in [0.15, 0.2) is 6.23 Å². The summed E-state index contributed by atoms with van der Waals surface area (Å²) in [4.78, 5) is 24.8. The fourth-order valence-corrected chi connectivity index (χ4v) is 6.12. The number of para-hydroxylation sites is 1. The van der Waals surface area contributed by atoms with Crippen molar-refractivity contribution < 1.29 is 42.5 Å². The molecule has 4 aromatic rings. The maximum Gasteiger partial charge on any atom is 0.459 e. The molecular weight excluding hydrogens is 571 g/mol. The van der Waals surface area contributed by atoms with Gasteiger partial charge in [0.1, 0.15) is 53.7 Å². The van der Waals surface area contributed by atoms with Crippen molar-refractivity contribution in [1.82, 2.24) is 24.6 Å². The predicted molar refractivity (Wildman–Crippen MR) is 148 cm³/mol. The van der Waals surface area contributed by atoms with Gasteiger partial charge in [0.05, 0.1) is 30.4 Å². The molecule has 1 fully saturated rings. The molecule has 1 aliphatic heterocycles. The zero-order valence-corrected chi connectivity index (χ0v) is 23.9. The molecule has 224 valence electrons. The van der Waals surface area contributed by atoms with Crippen molar-refractivity contribution in [2.24, 2.45) is 0 Å². The van der Waals surface area contributed by atoms with Gasteiger partial charge in [-0.3, -0.25) is 9.32 Å². The van der Waals surface area contributed by atoms with E-state index in [1.807, 2.05) is 0 Å². The van der Waals surface area contributed by atoms with Gasteiger partial charge in [0.2, 0.25) is 5.89 Å². The highest BCUT2D eigenvalue weighted by Gasteiger charge is 2.54. The van der Waals surface area contributed by atoms with Crippen LogP contribution in [-0.4, -0.2) is 72.8 Å². The Balaban J connectivity index is 1.41. The number of aliphatic hydroxyl groups excluding tert-OH is 1. The molecule has 42 heavy (non-hydrogen) atoms. The van der Waals surface area contributed by atoms with Crippen molar-refractivity contribution in [3.8, 4) is 17.2 Å². The first-order chi connectivity index (χ1) is 20.0. The van der Waals surface area contributed by atoms with Crippen molar-refractivity contribution in [2.45, 2.75) is 50.8 Å². The molecule has 15 nitrogen and oxygen atoms in total. The number of fused-ring (bicyclic) bond motifs is 1. The number of hydrogen-bond acceptors (Lipinski definition) is 13. The minimum atomic E-state index is -4.25. The molecular formula is C26H31N6O9P. The third-order valence-electron chi connectivity index (χ3n) is 6.68. The highest BCUT2D eigenvalue weighted by atomic mass is 31.2. The monoisotopic (exact) mass is 602 g/mol. The fraction of sp³-hybridized carbons (Fsp3) is 0.385. The van der Waals surface area contributed by atoms with Crippen LogP contribution in [0, 0.1) is 0 Å². The Kier molecular flexibility index (Phi) is 8.32. The number of carbonyl (C=O) groups is 1. The number of nitrogens with zero attached hydrogens (tertiary/aromatic N) is 4. The van der Waals surface area contributed by atoms with Crippen LogP contribution >= 0.6 is 7.75 Å². The molecule has 1 aromatic carbocycles. The number of aliphatic hydroxyl groups is 2. The molecule has 4 heterocycles. The van der Waals surface area contributed by atoms with Gasteiger partial charge in [0, 0.05) is 6.20 Å². The summed E-state index contributed by atoms with van der Waals surface area (Å²) in [5.74, 6) is -0.0806. The van der Waals surface area contributed by atoms with Crippen molar-refractivity contribution >= 4 is 30.6 Å². The Bertz CT molecular complexity index is 1580. The summed E-state index contributed by atoms with van der Waals surface area (Å²) in [7, 11) is -4.25. The lowest BCUT2D eigenvalue weighted by Gasteiger charge is -2.27. The zero-order chi connectivity index (χ0) is 30.1. The third kappa shape index (κ3) is 5.75. The number of nitrogens with one attached hydrogen (secondary N) is 1. The summed E-state index contributed by atoms with van der Waals surface area (Å²) in [5, 5.41) is 25.5.